The predicted octanol–water partition coefficient (Wildman–Crippen LogP) is 3.36. The fourth-order valence-electron chi connectivity index (χ4n) is 3.76. The molecule has 8 nitrogen and oxygen atoms in total. The Morgan fingerprint density at radius 3 is 2.97 bits per heavy atom. The molecule has 2 heterocycles. The maximum atomic E-state index is 8.13. The van der Waals surface area contributed by atoms with Gasteiger partial charge in [-0.3, -0.25) is 10.1 Å². The highest BCUT2D eigenvalue weighted by atomic mass is 35.5. The first kappa shape index (κ1) is 22.0. The Morgan fingerprint density at radius 1 is 1.31 bits per heavy atom. The number of ether oxygens (including phenoxy) is 1. The van der Waals surface area contributed by atoms with Crippen LogP contribution in [0, 0.1) is 5.41 Å². The highest BCUT2D eigenvalue weighted by Gasteiger charge is 2.26. The van der Waals surface area contributed by atoms with Crippen molar-refractivity contribution in [2.75, 3.05) is 25.6 Å². The average molecular weight is 452 g/mol. The molecule has 32 heavy (non-hydrogen) atoms. The van der Waals surface area contributed by atoms with Crippen LogP contribution in [0.4, 0.5) is 5.95 Å². The zero-order chi connectivity index (χ0) is 22.5. The quantitative estimate of drug-likeness (QED) is 0.276. The number of rotatable bonds is 8. The number of fused-ring (bicyclic) bond motifs is 3. The molecule has 3 aromatic rings. The molecule has 0 aliphatic heterocycles. The van der Waals surface area contributed by atoms with Crippen molar-refractivity contribution in [3.8, 4) is 11.3 Å². The van der Waals surface area contributed by atoms with Crippen LogP contribution in [0.2, 0.25) is 5.02 Å². The smallest absolute Gasteiger partial charge is 0.228 e. The Balaban J connectivity index is 1.59. The second-order valence-electron chi connectivity index (χ2n) is 7.55. The number of methoxy groups -OCH3 is 1. The maximum absolute atomic E-state index is 8.13. The van der Waals surface area contributed by atoms with Crippen LogP contribution < -0.4 is 10.6 Å². The van der Waals surface area contributed by atoms with E-state index in [0.717, 1.165) is 51.6 Å². The van der Waals surface area contributed by atoms with Gasteiger partial charge in [0.25, 0.3) is 0 Å². The van der Waals surface area contributed by atoms with Crippen LogP contribution in [0.15, 0.2) is 42.7 Å². The van der Waals surface area contributed by atoms with Crippen LogP contribution >= 0.6 is 11.6 Å². The SMILES string of the molecule is COCCN/C=C\C(=N)Nc1ncc2c(n1)-c1c(nn(C)c1Cc1ccccc1Cl)CC2. The summed E-state index contributed by atoms with van der Waals surface area (Å²) in [6.45, 7) is 1.27. The van der Waals surface area contributed by atoms with Crippen molar-refractivity contribution in [1.82, 2.24) is 25.1 Å². The molecule has 0 amide bonds. The van der Waals surface area contributed by atoms with Gasteiger partial charge in [0, 0.05) is 50.1 Å². The van der Waals surface area contributed by atoms with Crippen LogP contribution in [0.3, 0.4) is 0 Å². The van der Waals surface area contributed by atoms with E-state index < -0.39 is 0 Å². The van der Waals surface area contributed by atoms with Crippen LogP contribution in [-0.4, -0.2) is 45.8 Å². The molecule has 0 radical (unpaired) electrons. The molecule has 1 aliphatic carbocycles. The van der Waals surface area contributed by atoms with Crippen molar-refractivity contribution < 1.29 is 4.74 Å². The number of amidine groups is 1. The van der Waals surface area contributed by atoms with Crippen LogP contribution in [-0.2, 0) is 31.0 Å². The number of hydrogen-bond acceptors (Lipinski definition) is 6. The summed E-state index contributed by atoms with van der Waals surface area (Å²) in [4.78, 5) is 9.18. The number of nitrogens with one attached hydrogen (secondary N) is 3. The lowest BCUT2D eigenvalue weighted by molar-refractivity contribution is 0.203. The molecule has 0 atom stereocenters. The van der Waals surface area contributed by atoms with Crippen molar-refractivity contribution in [1.29, 1.82) is 5.41 Å². The second-order valence-corrected chi connectivity index (χ2v) is 7.95. The Morgan fingerprint density at radius 2 is 2.16 bits per heavy atom. The molecule has 0 saturated carbocycles. The van der Waals surface area contributed by atoms with Crippen molar-refractivity contribution >= 4 is 23.4 Å². The van der Waals surface area contributed by atoms with E-state index in [1.54, 1.807) is 19.4 Å². The first-order valence-electron chi connectivity index (χ1n) is 10.5. The third-order valence-corrected chi connectivity index (χ3v) is 5.72. The monoisotopic (exact) mass is 451 g/mol. The minimum Gasteiger partial charge on any atom is -0.388 e. The lowest BCUT2D eigenvalue weighted by atomic mass is 9.91. The van der Waals surface area contributed by atoms with E-state index in [1.165, 1.54) is 0 Å². The van der Waals surface area contributed by atoms with Crippen molar-refractivity contribution in [3.05, 3.63) is 70.3 Å². The minimum atomic E-state index is 0.188. The van der Waals surface area contributed by atoms with E-state index in [0.29, 0.717) is 25.5 Å². The highest BCUT2D eigenvalue weighted by Crippen LogP contribution is 2.36. The molecule has 0 saturated heterocycles. The van der Waals surface area contributed by atoms with Gasteiger partial charge in [0.2, 0.25) is 5.95 Å². The van der Waals surface area contributed by atoms with E-state index >= 15 is 0 Å². The fourth-order valence-corrected chi connectivity index (χ4v) is 3.96. The van der Waals surface area contributed by atoms with Gasteiger partial charge in [-0.2, -0.15) is 5.10 Å². The number of aromatic nitrogens is 4. The molecule has 2 aromatic heterocycles. The van der Waals surface area contributed by atoms with Crippen LogP contribution in [0.1, 0.15) is 22.5 Å². The lowest BCUT2D eigenvalue weighted by Crippen LogP contribution is -2.16. The van der Waals surface area contributed by atoms with Crippen LogP contribution in [0.5, 0.6) is 0 Å². The van der Waals surface area contributed by atoms with E-state index in [4.69, 9.17) is 31.8 Å². The van der Waals surface area contributed by atoms with E-state index in [-0.39, 0.29) is 5.84 Å². The first-order valence-corrected chi connectivity index (χ1v) is 10.8. The molecular weight excluding hydrogens is 426 g/mol. The van der Waals surface area contributed by atoms with Gasteiger partial charge in [-0.1, -0.05) is 29.8 Å². The number of benzene rings is 1. The zero-order valence-electron chi connectivity index (χ0n) is 18.2. The third kappa shape index (κ3) is 4.81. The molecule has 1 aromatic carbocycles. The van der Waals surface area contributed by atoms with Crippen LogP contribution in [0.25, 0.3) is 11.3 Å². The molecule has 166 valence electrons. The third-order valence-electron chi connectivity index (χ3n) is 5.35. The Bertz CT molecular complexity index is 1160. The summed E-state index contributed by atoms with van der Waals surface area (Å²) in [5, 5.41) is 19.6. The molecule has 1 aliphatic rings. The maximum Gasteiger partial charge on any atom is 0.228 e. The number of aryl methyl sites for hydroxylation is 3. The van der Waals surface area contributed by atoms with Crippen molar-refractivity contribution in [3.63, 3.8) is 0 Å². The normalized spacial score (nSPS) is 12.5. The Kier molecular flexibility index (Phi) is 6.82. The molecule has 3 N–H and O–H groups in total. The fraction of sp³-hybridized carbons (Fsp3) is 0.304. The van der Waals surface area contributed by atoms with Gasteiger partial charge in [0.1, 0.15) is 5.84 Å². The molecular formula is C23H26ClN7O. The summed E-state index contributed by atoms with van der Waals surface area (Å²) in [6, 6.07) is 7.86. The first-order chi connectivity index (χ1) is 15.6. The average Bonchev–Trinajstić information content (AvgIpc) is 3.10. The highest BCUT2D eigenvalue weighted by molar-refractivity contribution is 6.31. The summed E-state index contributed by atoms with van der Waals surface area (Å²) >= 11 is 6.42. The summed E-state index contributed by atoms with van der Waals surface area (Å²) in [6.07, 6.45) is 7.51. The molecule has 4 rings (SSSR count). The largest absolute Gasteiger partial charge is 0.388 e. The number of nitrogens with zero attached hydrogens (tertiary/aromatic N) is 4. The van der Waals surface area contributed by atoms with Gasteiger partial charge < -0.3 is 15.4 Å². The number of halogens is 1. The summed E-state index contributed by atoms with van der Waals surface area (Å²) in [5.74, 6) is 0.573. The van der Waals surface area contributed by atoms with Crippen molar-refractivity contribution in [2.45, 2.75) is 19.3 Å². The van der Waals surface area contributed by atoms with E-state index in [2.05, 4.69) is 15.6 Å². The number of hydrogen-bond donors (Lipinski definition) is 3. The molecule has 0 spiro atoms. The molecule has 9 heteroatoms. The van der Waals surface area contributed by atoms with Gasteiger partial charge in [-0.05, 0) is 36.1 Å². The van der Waals surface area contributed by atoms with Gasteiger partial charge >= 0.3 is 0 Å². The topological polar surface area (TPSA) is 101 Å². The summed E-state index contributed by atoms with van der Waals surface area (Å²) < 4.78 is 6.91. The Hall–Kier alpha value is -3.23. The standard InChI is InChI=1S/C23H26ClN7O/c1-31-19(13-15-5-3-4-6-17(15)24)21-18(30-31)8-7-16-14-27-23(29-22(16)21)28-20(25)9-10-26-11-12-32-2/h3-6,9-10,14,26H,7-8,11-13H2,1-2H3,(H2,25,27,28,29)/b10-9-. The summed E-state index contributed by atoms with van der Waals surface area (Å²) in [7, 11) is 3.61. The van der Waals surface area contributed by atoms with Gasteiger partial charge in [-0.25, -0.2) is 9.97 Å². The van der Waals surface area contributed by atoms with Crippen molar-refractivity contribution in [2.24, 2.45) is 7.05 Å². The summed E-state index contributed by atoms with van der Waals surface area (Å²) in [5.41, 5.74) is 6.14. The van der Waals surface area contributed by atoms with E-state index in [1.807, 2.05) is 42.2 Å². The molecule has 0 unspecified atom stereocenters. The molecule has 0 bridgehead atoms. The van der Waals surface area contributed by atoms with Gasteiger partial charge in [0.05, 0.1) is 23.7 Å². The lowest BCUT2D eigenvalue weighted by Gasteiger charge is -2.17. The van der Waals surface area contributed by atoms with E-state index in [9.17, 15) is 0 Å². The number of anilines is 1. The minimum absolute atomic E-state index is 0.188. The second kappa shape index (κ2) is 9.93. The predicted molar refractivity (Wildman–Crippen MR) is 126 cm³/mol. The molecule has 0 fully saturated rings. The zero-order valence-corrected chi connectivity index (χ0v) is 18.9. The van der Waals surface area contributed by atoms with Gasteiger partial charge in [0.15, 0.2) is 0 Å². The van der Waals surface area contributed by atoms with Gasteiger partial charge in [-0.15, -0.1) is 0 Å². The Labute approximate surface area is 192 Å².